The van der Waals surface area contributed by atoms with Gasteiger partial charge in [0.25, 0.3) is 0 Å². The van der Waals surface area contributed by atoms with Crippen LogP contribution in [0.5, 0.6) is 0 Å². The molecule has 1 aromatic rings. The van der Waals surface area contributed by atoms with Crippen molar-refractivity contribution in [2.24, 2.45) is 16.8 Å². The Morgan fingerprint density at radius 2 is 1.89 bits per heavy atom. The molecule has 19 heavy (non-hydrogen) atoms. The minimum Gasteiger partial charge on any atom is -0.409 e. The standard InChI is InChI=1S/C14H24N4O/c1-4-18(5-2)13-8-6-12(7-9-13)16-10-11(3)14(15)17-19/h6-9,11,16,19H,4-5,10H2,1-3H3,(H2,15,17). The quantitative estimate of drug-likeness (QED) is 0.306. The maximum absolute atomic E-state index is 8.58. The first-order chi connectivity index (χ1) is 9.12. The van der Waals surface area contributed by atoms with Crippen LogP contribution >= 0.6 is 0 Å². The zero-order valence-corrected chi connectivity index (χ0v) is 11.9. The number of hydrogen-bond acceptors (Lipinski definition) is 4. The van der Waals surface area contributed by atoms with E-state index in [-0.39, 0.29) is 11.8 Å². The Morgan fingerprint density at radius 1 is 1.32 bits per heavy atom. The van der Waals surface area contributed by atoms with Crippen LogP contribution < -0.4 is 16.0 Å². The second-order valence-corrected chi connectivity index (χ2v) is 4.53. The highest BCUT2D eigenvalue weighted by Crippen LogP contribution is 2.17. The van der Waals surface area contributed by atoms with Crippen molar-refractivity contribution in [3.8, 4) is 0 Å². The molecule has 106 valence electrons. The van der Waals surface area contributed by atoms with Gasteiger partial charge in [0.2, 0.25) is 0 Å². The number of rotatable bonds is 7. The first-order valence-corrected chi connectivity index (χ1v) is 6.68. The lowest BCUT2D eigenvalue weighted by atomic mass is 10.1. The van der Waals surface area contributed by atoms with E-state index in [1.807, 2.05) is 19.1 Å². The molecule has 0 aliphatic rings. The van der Waals surface area contributed by atoms with E-state index >= 15 is 0 Å². The predicted octanol–water partition coefficient (Wildman–Crippen LogP) is 2.33. The van der Waals surface area contributed by atoms with Gasteiger partial charge in [-0.05, 0) is 38.1 Å². The third-order valence-corrected chi connectivity index (χ3v) is 3.23. The molecule has 0 fully saturated rings. The van der Waals surface area contributed by atoms with E-state index in [1.54, 1.807) is 0 Å². The van der Waals surface area contributed by atoms with Gasteiger partial charge in [-0.15, -0.1) is 0 Å². The molecule has 4 N–H and O–H groups in total. The Kier molecular flexibility index (Phi) is 5.99. The molecular weight excluding hydrogens is 240 g/mol. The van der Waals surface area contributed by atoms with Crippen LogP contribution in [0.1, 0.15) is 20.8 Å². The highest BCUT2D eigenvalue weighted by Gasteiger charge is 2.07. The Balaban J connectivity index is 2.57. The Labute approximate surface area is 115 Å². The van der Waals surface area contributed by atoms with Crippen molar-refractivity contribution >= 4 is 17.2 Å². The molecule has 0 aliphatic heterocycles. The summed E-state index contributed by atoms with van der Waals surface area (Å²) in [4.78, 5) is 2.29. The van der Waals surface area contributed by atoms with Crippen LogP contribution in [0.3, 0.4) is 0 Å². The number of anilines is 2. The lowest BCUT2D eigenvalue weighted by molar-refractivity contribution is 0.315. The number of benzene rings is 1. The van der Waals surface area contributed by atoms with Crippen molar-refractivity contribution in [1.29, 1.82) is 0 Å². The molecule has 0 saturated heterocycles. The smallest absolute Gasteiger partial charge is 0.143 e. The maximum Gasteiger partial charge on any atom is 0.143 e. The Bertz CT molecular complexity index is 398. The van der Waals surface area contributed by atoms with Gasteiger partial charge in [0.1, 0.15) is 5.84 Å². The summed E-state index contributed by atoms with van der Waals surface area (Å²) in [6, 6.07) is 8.30. The summed E-state index contributed by atoms with van der Waals surface area (Å²) in [6.45, 7) is 8.85. The number of hydrogen-bond donors (Lipinski definition) is 3. The predicted molar refractivity (Wildman–Crippen MR) is 81.1 cm³/mol. The van der Waals surface area contributed by atoms with Gasteiger partial charge >= 0.3 is 0 Å². The normalized spacial score (nSPS) is 13.1. The fourth-order valence-corrected chi connectivity index (χ4v) is 1.85. The molecule has 1 aromatic carbocycles. The monoisotopic (exact) mass is 264 g/mol. The molecule has 0 aliphatic carbocycles. The Hall–Kier alpha value is -1.91. The fraction of sp³-hybridized carbons (Fsp3) is 0.500. The van der Waals surface area contributed by atoms with E-state index in [0.29, 0.717) is 6.54 Å². The van der Waals surface area contributed by atoms with Crippen molar-refractivity contribution in [3.05, 3.63) is 24.3 Å². The topological polar surface area (TPSA) is 73.9 Å². The number of amidine groups is 1. The minimum atomic E-state index is -0.00698. The first kappa shape index (κ1) is 15.1. The van der Waals surface area contributed by atoms with Crippen molar-refractivity contribution in [3.63, 3.8) is 0 Å². The molecule has 1 rings (SSSR count). The average Bonchev–Trinajstić information content (AvgIpc) is 2.46. The maximum atomic E-state index is 8.58. The molecule has 1 atom stereocenters. The molecule has 5 heteroatoms. The van der Waals surface area contributed by atoms with Crippen LogP contribution in [0, 0.1) is 5.92 Å². The van der Waals surface area contributed by atoms with Gasteiger partial charge in [-0.25, -0.2) is 0 Å². The number of nitrogens with one attached hydrogen (secondary N) is 1. The summed E-state index contributed by atoms with van der Waals surface area (Å²) in [5.74, 6) is 0.236. The van der Waals surface area contributed by atoms with Gasteiger partial charge in [-0.1, -0.05) is 12.1 Å². The zero-order chi connectivity index (χ0) is 14.3. The highest BCUT2D eigenvalue weighted by atomic mass is 16.4. The second-order valence-electron chi connectivity index (χ2n) is 4.53. The van der Waals surface area contributed by atoms with E-state index < -0.39 is 0 Å². The third kappa shape index (κ3) is 4.35. The molecule has 1 unspecified atom stereocenters. The van der Waals surface area contributed by atoms with Gasteiger partial charge in [0.05, 0.1) is 0 Å². The summed E-state index contributed by atoms with van der Waals surface area (Å²) in [7, 11) is 0. The van der Waals surface area contributed by atoms with Gasteiger partial charge in [0, 0.05) is 36.9 Å². The molecule has 0 saturated carbocycles. The summed E-state index contributed by atoms with van der Waals surface area (Å²) < 4.78 is 0. The van der Waals surface area contributed by atoms with E-state index in [0.717, 1.165) is 18.8 Å². The van der Waals surface area contributed by atoms with Crippen LogP contribution in [0.15, 0.2) is 29.4 Å². The second kappa shape index (κ2) is 7.51. The van der Waals surface area contributed by atoms with Crippen LogP contribution in [0.2, 0.25) is 0 Å². The number of oxime groups is 1. The average molecular weight is 264 g/mol. The minimum absolute atomic E-state index is 0.00698. The van der Waals surface area contributed by atoms with E-state index in [9.17, 15) is 0 Å². The molecule has 0 amide bonds. The van der Waals surface area contributed by atoms with Gasteiger partial charge in [-0.2, -0.15) is 0 Å². The number of nitrogens with two attached hydrogens (primary N) is 1. The van der Waals surface area contributed by atoms with Crippen LogP contribution in [-0.2, 0) is 0 Å². The molecular formula is C14H24N4O. The van der Waals surface area contributed by atoms with Gasteiger partial charge in [0.15, 0.2) is 0 Å². The molecule has 0 heterocycles. The fourth-order valence-electron chi connectivity index (χ4n) is 1.85. The van der Waals surface area contributed by atoms with Crippen LogP contribution in [0.4, 0.5) is 11.4 Å². The van der Waals surface area contributed by atoms with Crippen molar-refractivity contribution in [1.82, 2.24) is 0 Å². The molecule has 0 bridgehead atoms. The van der Waals surface area contributed by atoms with E-state index in [4.69, 9.17) is 10.9 Å². The lowest BCUT2D eigenvalue weighted by Gasteiger charge is -2.21. The van der Waals surface area contributed by atoms with Crippen molar-refractivity contribution in [2.45, 2.75) is 20.8 Å². The summed E-state index contributed by atoms with van der Waals surface area (Å²) in [5, 5.41) is 14.9. The van der Waals surface area contributed by atoms with Gasteiger partial charge < -0.3 is 21.2 Å². The Morgan fingerprint density at radius 3 is 2.37 bits per heavy atom. The molecule has 0 aromatic heterocycles. The van der Waals surface area contributed by atoms with Crippen LogP contribution in [-0.4, -0.2) is 30.7 Å². The van der Waals surface area contributed by atoms with E-state index in [2.05, 4.69) is 41.4 Å². The zero-order valence-electron chi connectivity index (χ0n) is 11.9. The van der Waals surface area contributed by atoms with Crippen molar-refractivity contribution < 1.29 is 5.21 Å². The molecule has 0 spiro atoms. The summed E-state index contributed by atoms with van der Waals surface area (Å²) in [6.07, 6.45) is 0. The van der Waals surface area contributed by atoms with Crippen LogP contribution in [0.25, 0.3) is 0 Å². The lowest BCUT2D eigenvalue weighted by Crippen LogP contribution is -2.27. The highest BCUT2D eigenvalue weighted by molar-refractivity contribution is 5.82. The van der Waals surface area contributed by atoms with Crippen molar-refractivity contribution in [2.75, 3.05) is 29.9 Å². The van der Waals surface area contributed by atoms with Gasteiger partial charge in [-0.3, -0.25) is 0 Å². The summed E-state index contributed by atoms with van der Waals surface area (Å²) >= 11 is 0. The number of nitrogens with zero attached hydrogens (tertiary/aromatic N) is 2. The third-order valence-electron chi connectivity index (χ3n) is 3.23. The van der Waals surface area contributed by atoms with E-state index in [1.165, 1.54) is 5.69 Å². The molecule has 5 nitrogen and oxygen atoms in total. The SMILES string of the molecule is CCN(CC)c1ccc(NCC(C)C(N)=NO)cc1. The summed E-state index contributed by atoms with van der Waals surface area (Å²) in [5.41, 5.74) is 7.79. The molecule has 0 radical (unpaired) electrons. The largest absolute Gasteiger partial charge is 0.409 e. The first-order valence-electron chi connectivity index (χ1n) is 6.68.